The molecule has 7 nitrogen and oxygen atoms in total. The molecule has 0 atom stereocenters. The average Bonchev–Trinajstić information content (AvgIpc) is 3.09. The Morgan fingerprint density at radius 3 is 2.53 bits per heavy atom. The Balaban J connectivity index is 0.00000363. The number of aliphatic imine (C=N–C) groups is 1. The third-order valence-electron chi connectivity index (χ3n) is 5.72. The lowest BCUT2D eigenvalue weighted by atomic mass is 10.2. The van der Waals surface area contributed by atoms with E-state index in [0.717, 1.165) is 69.6 Å². The normalized spacial score (nSPS) is 14.9. The van der Waals surface area contributed by atoms with Crippen LogP contribution in [0.4, 0.5) is 5.69 Å². The van der Waals surface area contributed by atoms with Gasteiger partial charge in [-0.2, -0.15) is 0 Å². The molecule has 0 amide bonds. The summed E-state index contributed by atoms with van der Waals surface area (Å²) in [5.74, 6) is 2.35. The summed E-state index contributed by atoms with van der Waals surface area (Å²) in [6, 6.07) is 8.83. The lowest BCUT2D eigenvalue weighted by Crippen LogP contribution is -2.46. The zero-order valence-corrected chi connectivity index (χ0v) is 22.3. The molecule has 2 N–H and O–H groups in total. The number of rotatable bonds is 9. The Hall–Kier alpha value is -1.81. The molecule has 0 aliphatic carbocycles. The van der Waals surface area contributed by atoms with E-state index >= 15 is 0 Å². The van der Waals surface area contributed by atoms with E-state index in [1.807, 2.05) is 13.8 Å². The monoisotopic (exact) mass is 554 g/mol. The Bertz CT molecular complexity index is 825. The van der Waals surface area contributed by atoms with Gasteiger partial charge in [-0.1, -0.05) is 12.1 Å². The van der Waals surface area contributed by atoms with Gasteiger partial charge in [-0.3, -0.25) is 4.90 Å². The van der Waals surface area contributed by atoms with E-state index < -0.39 is 0 Å². The number of nitrogens with one attached hydrogen (secondary N) is 2. The number of anilines is 1. The van der Waals surface area contributed by atoms with Crippen LogP contribution in [0.25, 0.3) is 0 Å². The van der Waals surface area contributed by atoms with Crippen LogP contribution < -0.4 is 15.5 Å². The van der Waals surface area contributed by atoms with E-state index in [1.165, 1.54) is 17.7 Å². The Morgan fingerprint density at radius 2 is 1.88 bits per heavy atom. The fraction of sp³-hybridized carbons (Fsp3) is 0.583. The number of unbranched alkanes of at least 4 members (excludes halogenated alkanes) is 1. The number of aromatic nitrogens is 1. The number of benzene rings is 1. The van der Waals surface area contributed by atoms with E-state index in [2.05, 4.69) is 68.5 Å². The second-order valence-electron chi connectivity index (χ2n) is 8.25. The van der Waals surface area contributed by atoms with Crippen LogP contribution in [0.15, 0.2) is 33.7 Å². The molecule has 0 unspecified atom stereocenters. The van der Waals surface area contributed by atoms with Crippen LogP contribution in [-0.4, -0.2) is 61.7 Å². The highest BCUT2D eigenvalue weighted by atomic mass is 127. The Labute approximate surface area is 210 Å². The van der Waals surface area contributed by atoms with Gasteiger partial charge in [0.15, 0.2) is 5.96 Å². The minimum absolute atomic E-state index is 0. The van der Waals surface area contributed by atoms with Gasteiger partial charge in [0.05, 0.1) is 5.69 Å². The van der Waals surface area contributed by atoms with Crippen LogP contribution in [-0.2, 0) is 6.54 Å². The quantitative estimate of drug-likeness (QED) is 0.212. The van der Waals surface area contributed by atoms with E-state index in [-0.39, 0.29) is 24.0 Å². The molecule has 1 aromatic carbocycles. The molecule has 32 heavy (non-hydrogen) atoms. The minimum Gasteiger partial charge on any atom is -0.444 e. The molecule has 0 radical (unpaired) electrons. The molecule has 3 rings (SSSR count). The molecule has 2 aromatic rings. The minimum atomic E-state index is 0. The van der Waals surface area contributed by atoms with Gasteiger partial charge < -0.3 is 20.0 Å². The van der Waals surface area contributed by atoms with Crippen LogP contribution in [0.5, 0.6) is 0 Å². The highest BCUT2D eigenvalue weighted by molar-refractivity contribution is 14.0. The van der Waals surface area contributed by atoms with Crippen LogP contribution in [0.1, 0.15) is 42.7 Å². The van der Waals surface area contributed by atoms with Crippen molar-refractivity contribution < 1.29 is 4.42 Å². The summed E-state index contributed by atoms with van der Waals surface area (Å²) < 4.78 is 5.61. The van der Waals surface area contributed by atoms with Gasteiger partial charge in [-0.15, -0.1) is 24.0 Å². The molecule has 8 heteroatoms. The summed E-state index contributed by atoms with van der Waals surface area (Å²) >= 11 is 0. The molecule has 1 aliphatic heterocycles. The van der Waals surface area contributed by atoms with Gasteiger partial charge in [-0.25, -0.2) is 9.98 Å². The standard InChI is InChI=1S/C24H38N6O.HI/c1-5-25-24(27-18-23-28-20(3)21(4)31-23)26-11-6-7-12-29-13-15-30(16-14-29)22-10-8-9-19(2)17-22;/h8-10,17H,5-7,11-16,18H2,1-4H3,(H2,25,26,27);1H. The fourth-order valence-electron chi connectivity index (χ4n) is 3.82. The number of hydrogen-bond donors (Lipinski definition) is 2. The van der Waals surface area contributed by atoms with Crippen molar-refractivity contribution in [2.24, 2.45) is 4.99 Å². The first-order valence-electron chi connectivity index (χ1n) is 11.5. The number of aryl methyl sites for hydroxylation is 3. The zero-order chi connectivity index (χ0) is 22.1. The largest absolute Gasteiger partial charge is 0.444 e. The summed E-state index contributed by atoms with van der Waals surface area (Å²) in [5.41, 5.74) is 3.62. The third kappa shape index (κ3) is 8.27. The summed E-state index contributed by atoms with van der Waals surface area (Å²) in [6.07, 6.45) is 2.31. The van der Waals surface area contributed by atoms with Crippen molar-refractivity contribution in [2.75, 3.05) is 50.7 Å². The van der Waals surface area contributed by atoms with Gasteiger partial charge in [0.1, 0.15) is 12.3 Å². The number of piperazine rings is 1. The number of guanidine groups is 1. The van der Waals surface area contributed by atoms with Crippen molar-refractivity contribution in [1.82, 2.24) is 20.5 Å². The first-order valence-corrected chi connectivity index (χ1v) is 11.5. The van der Waals surface area contributed by atoms with Gasteiger partial charge >= 0.3 is 0 Å². The lowest BCUT2D eigenvalue weighted by molar-refractivity contribution is 0.253. The van der Waals surface area contributed by atoms with Crippen LogP contribution in [0, 0.1) is 20.8 Å². The smallest absolute Gasteiger partial charge is 0.216 e. The lowest BCUT2D eigenvalue weighted by Gasteiger charge is -2.36. The van der Waals surface area contributed by atoms with Crippen molar-refractivity contribution >= 4 is 35.6 Å². The van der Waals surface area contributed by atoms with Crippen molar-refractivity contribution in [3.63, 3.8) is 0 Å². The van der Waals surface area contributed by atoms with Gasteiger partial charge in [0, 0.05) is 45.0 Å². The second-order valence-corrected chi connectivity index (χ2v) is 8.25. The van der Waals surface area contributed by atoms with Gasteiger partial charge in [-0.05, 0) is 64.8 Å². The summed E-state index contributed by atoms with van der Waals surface area (Å²) in [5, 5.41) is 6.72. The van der Waals surface area contributed by atoms with Crippen LogP contribution in [0.3, 0.4) is 0 Å². The van der Waals surface area contributed by atoms with E-state index in [4.69, 9.17) is 4.42 Å². The molecule has 178 valence electrons. The zero-order valence-electron chi connectivity index (χ0n) is 20.0. The van der Waals surface area contributed by atoms with Crippen molar-refractivity contribution in [2.45, 2.75) is 47.1 Å². The molecule has 1 aromatic heterocycles. The highest BCUT2D eigenvalue weighted by Crippen LogP contribution is 2.18. The maximum atomic E-state index is 5.61. The average molecular weight is 555 g/mol. The summed E-state index contributed by atoms with van der Waals surface area (Å²) in [6.45, 7) is 16.0. The Kier molecular flexibility index (Phi) is 11.3. The second kappa shape index (κ2) is 13.7. The van der Waals surface area contributed by atoms with Crippen LogP contribution >= 0.6 is 24.0 Å². The molecule has 0 bridgehead atoms. The molecule has 1 saturated heterocycles. The van der Waals surface area contributed by atoms with Gasteiger partial charge in [0.25, 0.3) is 0 Å². The topological polar surface area (TPSA) is 68.9 Å². The number of halogens is 1. The first-order chi connectivity index (χ1) is 15.0. The number of hydrogen-bond acceptors (Lipinski definition) is 5. The number of oxazole rings is 1. The summed E-state index contributed by atoms with van der Waals surface area (Å²) in [4.78, 5) is 14.1. The first kappa shape index (κ1) is 26.4. The highest BCUT2D eigenvalue weighted by Gasteiger charge is 2.16. The van der Waals surface area contributed by atoms with E-state index in [0.29, 0.717) is 12.4 Å². The maximum absolute atomic E-state index is 5.61. The predicted octanol–water partition coefficient (Wildman–Crippen LogP) is 3.88. The Morgan fingerprint density at radius 1 is 1.09 bits per heavy atom. The molecule has 0 spiro atoms. The molecule has 0 saturated carbocycles. The molecular weight excluding hydrogens is 515 g/mol. The third-order valence-corrected chi connectivity index (χ3v) is 5.72. The fourth-order valence-corrected chi connectivity index (χ4v) is 3.82. The van der Waals surface area contributed by atoms with E-state index in [9.17, 15) is 0 Å². The van der Waals surface area contributed by atoms with Crippen molar-refractivity contribution in [3.05, 3.63) is 47.2 Å². The van der Waals surface area contributed by atoms with Crippen molar-refractivity contribution in [1.29, 1.82) is 0 Å². The van der Waals surface area contributed by atoms with E-state index in [1.54, 1.807) is 0 Å². The molecule has 1 aliphatic rings. The molecule has 1 fully saturated rings. The predicted molar refractivity (Wildman–Crippen MR) is 143 cm³/mol. The molecular formula is C24H39IN6O. The van der Waals surface area contributed by atoms with Crippen molar-refractivity contribution in [3.8, 4) is 0 Å². The number of nitrogens with zero attached hydrogens (tertiary/aromatic N) is 4. The maximum Gasteiger partial charge on any atom is 0.216 e. The van der Waals surface area contributed by atoms with Gasteiger partial charge in [0.2, 0.25) is 5.89 Å². The summed E-state index contributed by atoms with van der Waals surface area (Å²) in [7, 11) is 0. The molecule has 2 heterocycles. The SMILES string of the molecule is CCNC(=NCc1nc(C)c(C)o1)NCCCCN1CCN(c2cccc(C)c2)CC1.I. The van der Waals surface area contributed by atoms with Crippen LogP contribution in [0.2, 0.25) is 0 Å².